The van der Waals surface area contributed by atoms with Crippen LogP contribution in [0.3, 0.4) is 0 Å². The van der Waals surface area contributed by atoms with Gasteiger partial charge in [-0.3, -0.25) is 9.97 Å². The molecule has 0 saturated heterocycles. The fourth-order valence-electron chi connectivity index (χ4n) is 4.98. The predicted octanol–water partition coefficient (Wildman–Crippen LogP) is 8.54. The highest BCUT2D eigenvalue weighted by Gasteiger charge is 2.14. The molecule has 0 aliphatic rings. The topological polar surface area (TPSA) is 88.2 Å². The summed E-state index contributed by atoms with van der Waals surface area (Å²) in [7, 11) is 0. The lowest BCUT2D eigenvalue weighted by molar-refractivity contribution is 1.17. The Morgan fingerprint density at radius 2 is 1.00 bits per heavy atom. The lowest BCUT2D eigenvalue weighted by Gasteiger charge is -2.11. The van der Waals surface area contributed by atoms with Crippen molar-refractivity contribution >= 4 is 0 Å². The molecule has 0 unspecified atom stereocenters. The zero-order chi connectivity index (χ0) is 29.7. The Morgan fingerprint density at radius 1 is 0.409 bits per heavy atom. The van der Waals surface area contributed by atoms with Crippen molar-refractivity contribution in [3.63, 3.8) is 0 Å². The van der Waals surface area contributed by atoms with Crippen LogP contribution in [0.25, 0.3) is 67.8 Å². The van der Waals surface area contributed by atoms with Crippen LogP contribution in [0.2, 0.25) is 0 Å². The summed E-state index contributed by atoms with van der Waals surface area (Å²) in [6.45, 7) is 0. The molecule has 0 aliphatic carbocycles. The summed E-state index contributed by atoms with van der Waals surface area (Å²) in [5.74, 6) is 0.595. The number of aromatic nitrogens is 5. The molecule has 3 aromatic carbocycles. The van der Waals surface area contributed by atoms with Crippen molar-refractivity contribution < 1.29 is 0 Å². The van der Waals surface area contributed by atoms with Gasteiger partial charge in [0.2, 0.25) is 0 Å². The van der Waals surface area contributed by atoms with E-state index in [0.717, 1.165) is 50.6 Å². The van der Waals surface area contributed by atoms with Crippen LogP contribution in [0.5, 0.6) is 0 Å². The van der Waals surface area contributed by atoms with Crippen LogP contribution in [-0.4, -0.2) is 24.9 Å². The molecular formula is C38H24N6. The Morgan fingerprint density at radius 3 is 1.55 bits per heavy atom. The third-order valence-corrected chi connectivity index (χ3v) is 7.25. The quantitative estimate of drug-likeness (QED) is 0.201. The molecule has 6 nitrogen and oxygen atoms in total. The van der Waals surface area contributed by atoms with Gasteiger partial charge in [0.05, 0.1) is 45.8 Å². The van der Waals surface area contributed by atoms with Crippen molar-refractivity contribution in [1.82, 2.24) is 24.9 Å². The van der Waals surface area contributed by atoms with Crippen LogP contribution in [0.15, 0.2) is 146 Å². The van der Waals surface area contributed by atoms with Crippen molar-refractivity contribution in [3.05, 3.63) is 151 Å². The number of nitriles is 1. The van der Waals surface area contributed by atoms with Gasteiger partial charge in [-0.2, -0.15) is 5.26 Å². The van der Waals surface area contributed by atoms with E-state index in [4.69, 9.17) is 19.9 Å². The molecule has 206 valence electrons. The third kappa shape index (κ3) is 5.58. The number of hydrogen-bond donors (Lipinski definition) is 0. The minimum Gasteiger partial charge on any atom is -0.255 e. The standard InChI is InChI=1S/C38H24N6/c39-24-26-14-16-27(17-15-26)31-21-36(32-13-7-8-20-40-32)42-37(22-31)33-19-18-30(25-41-33)38-43-34(28-9-3-1-4-10-28)23-35(44-38)29-11-5-2-6-12-29/h1-23,25H. The van der Waals surface area contributed by atoms with Gasteiger partial charge in [0.15, 0.2) is 5.82 Å². The van der Waals surface area contributed by atoms with Crippen LogP contribution in [0.1, 0.15) is 5.56 Å². The van der Waals surface area contributed by atoms with Gasteiger partial charge < -0.3 is 0 Å². The first-order valence-corrected chi connectivity index (χ1v) is 14.1. The van der Waals surface area contributed by atoms with Crippen LogP contribution in [0.4, 0.5) is 0 Å². The van der Waals surface area contributed by atoms with Crippen molar-refractivity contribution in [2.75, 3.05) is 0 Å². The van der Waals surface area contributed by atoms with E-state index >= 15 is 0 Å². The summed E-state index contributed by atoms with van der Waals surface area (Å²) < 4.78 is 0. The maximum absolute atomic E-state index is 9.25. The second-order valence-electron chi connectivity index (χ2n) is 10.2. The number of hydrogen-bond acceptors (Lipinski definition) is 6. The minimum atomic E-state index is 0.595. The van der Waals surface area contributed by atoms with Gasteiger partial charge >= 0.3 is 0 Å². The molecule has 0 N–H and O–H groups in total. The monoisotopic (exact) mass is 564 g/mol. The molecule has 0 atom stereocenters. The first-order chi connectivity index (χ1) is 21.7. The second kappa shape index (κ2) is 11.9. The first kappa shape index (κ1) is 26.6. The summed E-state index contributed by atoms with van der Waals surface area (Å²) in [4.78, 5) is 24.1. The lowest BCUT2D eigenvalue weighted by atomic mass is 10.0. The molecule has 0 amide bonds. The van der Waals surface area contributed by atoms with E-state index in [2.05, 4.69) is 11.1 Å². The molecule has 0 aliphatic heterocycles. The van der Waals surface area contributed by atoms with Crippen molar-refractivity contribution in [3.8, 4) is 73.9 Å². The zero-order valence-corrected chi connectivity index (χ0v) is 23.5. The predicted molar refractivity (Wildman–Crippen MR) is 173 cm³/mol. The highest BCUT2D eigenvalue weighted by atomic mass is 14.9. The molecule has 4 aromatic heterocycles. The van der Waals surface area contributed by atoms with E-state index in [9.17, 15) is 5.26 Å². The lowest BCUT2D eigenvalue weighted by Crippen LogP contribution is -1.97. The summed E-state index contributed by atoms with van der Waals surface area (Å²) in [6, 6.07) is 45.7. The smallest absolute Gasteiger partial charge is 0.161 e. The molecular weight excluding hydrogens is 540 g/mol. The molecule has 6 heteroatoms. The van der Waals surface area contributed by atoms with Crippen LogP contribution >= 0.6 is 0 Å². The summed E-state index contributed by atoms with van der Waals surface area (Å²) in [5, 5.41) is 9.25. The van der Waals surface area contributed by atoms with E-state index < -0.39 is 0 Å². The molecule has 0 radical (unpaired) electrons. The fraction of sp³-hybridized carbons (Fsp3) is 0. The third-order valence-electron chi connectivity index (χ3n) is 7.25. The van der Waals surface area contributed by atoms with E-state index in [-0.39, 0.29) is 0 Å². The van der Waals surface area contributed by atoms with E-state index in [1.54, 1.807) is 12.4 Å². The maximum Gasteiger partial charge on any atom is 0.161 e. The van der Waals surface area contributed by atoms with Gasteiger partial charge in [0, 0.05) is 29.1 Å². The van der Waals surface area contributed by atoms with Gasteiger partial charge in [-0.05, 0) is 65.7 Å². The van der Waals surface area contributed by atoms with Gasteiger partial charge in [-0.15, -0.1) is 0 Å². The van der Waals surface area contributed by atoms with E-state index in [0.29, 0.717) is 22.8 Å². The zero-order valence-electron chi connectivity index (χ0n) is 23.5. The van der Waals surface area contributed by atoms with Crippen LogP contribution in [0, 0.1) is 11.3 Å². The van der Waals surface area contributed by atoms with Crippen LogP contribution in [-0.2, 0) is 0 Å². The van der Waals surface area contributed by atoms with Crippen molar-refractivity contribution in [2.24, 2.45) is 0 Å². The molecule has 7 rings (SSSR count). The van der Waals surface area contributed by atoms with Crippen LogP contribution < -0.4 is 0 Å². The minimum absolute atomic E-state index is 0.595. The molecule has 4 heterocycles. The molecule has 0 bridgehead atoms. The molecule has 0 fully saturated rings. The van der Waals surface area contributed by atoms with Gasteiger partial charge in [-0.1, -0.05) is 78.9 Å². The number of rotatable bonds is 6. The number of pyridine rings is 3. The van der Waals surface area contributed by atoms with Gasteiger partial charge in [0.25, 0.3) is 0 Å². The Hall–Kier alpha value is -6.32. The first-order valence-electron chi connectivity index (χ1n) is 14.1. The Balaban J connectivity index is 1.30. The number of nitrogens with zero attached hydrogens (tertiary/aromatic N) is 6. The summed E-state index contributed by atoms with van der Waals surface area (Å²) in [6.07, 6.45) is 3.55. The van der Waals surface area contributed by atoms with E-state index in [1.165, 1.54) is 0 Å². The average molecular weight is 565 g/mol. The molecule has 44 heavy (non-hydrogen) atoms. The highest BCUT2D eigenvalue weighted by Crippen LogP contribution is 2.31. The fourth-order valence-corrected chi connectivity index (χ4v) is 4.98. The Bertz CT molecular complexity index is 2030. The molecule has 0 spiro atoms. The second-order valence-corrected chi connectivity index (χ2v) is 10.2. The van der Waals surface area contributed by atoms with Gasteiger partial charge in [-0.25, -0.2) is 15.0 Å². The highest BCUT2D eigenvalue weighted by molar-refractivity contribution is 5.76. The summed E-state index contributed by atoms with van der Waals surface area (Å²) >= 11 is 0. The average Bonchev–Trinajstić information content (AvgIpc) is 3.12. The van der Waals surface area contributed by atoms with Crippen molar-refractivity contribution in [1.29, 1.82) is 5.26 Å². The van der Waals surface area contributed by atoms with Crippen molar-refractivity contribution in [2.45, 2.75) is 0 Å². The summed E-state index contributed by atoms with van der Waals surface area (Å²) in [5.41, 5.74) is 9.99. The SMILES string of the molecule is N#Cc1ccc(-c2cc(-c3ccccn3)nc(-c3ccc(-c4nc(-c5ccccc5)cc(-c5ccccc5)n4)cn3)c2)cc1. The van der Waals surface area contributed by atoms with E-state index in [1.807, 2.05) is 133 Å². The number of benzene rings is 3. The van der Waals surface area contributed by atoms with Gasteiger partial charge in [0.1, 0.15) is 0 Å². The molecule has 0 saturated carbocycles. The Labute approximate surface area is 255 Å². The Kier molecular flexibility index (Phi) is 7.18. The normalized spacial score (nSPS) is 10.7. The largest absolute Gasteiger partial charge is 0.255 e. The molecule has 7 aromatic rings. The maximum atomic E-state index is 9.25.